The molecule has 0 bridgehead atoms. The third-order valence-electron chi connectivity index (χ3n) is 3.62. The molecule has 0 spiro atoms. The zero-order chi connectivity index (χ0) is 16.9. The van der Waals surface area contributed by atoms with Crippen LogP contribution in [0.1, 0.15) is 11.1 Å². The van der Waals surface area contributed by atoms with Crippen LogP contribution in [-0.4, -0.2) is 0 Å². The normalized spacial score (nSPS) is 9.79. The van der Waals surface area contributed by atoms with Crippen LogP contribution in [0.5, 0.6) is 0 Å². The number of anilines is 3. The van der Waals surface area contributed by atoms with E-state index >= 15 is 0 Å². The summed E-state index contributed by atoms with van der Waals surface area (Å²) in [5.41, 5.74) is 1.69. The highest BCUT2D eigenvalue weighted by Gasteiger charge is 2.20. The van der Waals surface area contributed by atoms with E-state index in [1.807, 2.05) is 66.7 Å². The van der Waals surface area contributed by atoms with Crippen molar-refractivity contribution in [1.29, 1.82) is 10.5 Å². The minimum absolute atomic E-state index is 0.142. The van der Waals surface area contributed by atoms with Gasteiger partial charge in [0.05, 0.1) is 11.3 Å². The Morgan fingerprint density at radius 1 is 0.708 bits per heavy atom. The van der Waals surface area contributed by atoms with E-state index in [4.69, 9.17) is 5.26 Å². The van der Waals surface area contributed by atoms with Gasteiger partial charge in [-0.2, -0.15) is 10.5 Å². The molecule has 0 heterocycles. The number of halogens is 1. The van der Waals surface area contributed by atoms with Crippen LogP contribution in [0.15, 0.2) is 72.8 Å². The molecule has 0 radical (unpaired) electrons. The molecule has 0 amide bonds. The molecule has 3 aromatic rings. The second-order valence-electron chi connectivity index (χ2n) is 5.05. The predicted molar refractivity (Wildman–Crippen MR) is 90.5 cm³/mol. The van der Waals surface area contributed by atoms with Crippen LogP contribution < -0.4 is 4.90 Å². The van der Waals surface area contributed by atoms with E-state index in [9.17, 15) is 9.65 Å². The van der Waals surface area contributed by atoms with E-state index < -0.39 is 5.82 Å². The van der Waals surface area contributed by atoms with Gasteiger partial charge in [0.15, 0.2) is 5.82 Å². The van der Waals surface area contributed by atoms with E-state index in [2.05, 4.69) is 0 Å². The molecule has 0 N–H and O–H groups in total. The molecule has 0 aromatic heterocycles. The Kier molecular flexibility index (Phi) is 4.23. The molecule has 3 nitrogen and oxygen atoms in total. The largest absolute Gasteiger partial charge is 0.309 e. The fourth-order valence-electron chi connectivity index (χ4n) is 2.53. The van der Waals surface area contributed by atoms with Gasteiger partial charge in [-0.15, -0.1) is 0 Å². The Bertz CT molecular complexity index is 899. The van der Waals surface area contributed by atoms with Crippen LogP contribution in [0, 0.1) is 28.5 Å². The zero-order valence-electron chi connectivity index (χ0n) is 12.6. The summed E-state index contributed by atoms with van der Waals surface area (Å²) in [7, 11) is 0. The molecule has 0 aliphatic heterocycles. The number of para-hydroxylation sites is 2. The van der Waals surface area contributed by atoms with Gasteiger partial charge in [-0.05, 0) is 36.4 Å². The van der Waals surface area contributed by atoms with Crippen molar-refractivity contribution in [1.82, 2.24) is 0 Å². The minimum Gasteiger partial charge on any atom is -0.309 e. The van der Waals surface area contributed by atoms with Crippen molar-refractivity contribution in [2.75, 3.05) is 4.90 Å². The first kappa shape index (κ1) is 15.3. The van der Waals surface area contributed by atoms with E-state index in [0.717, 1.165) is 11.4 Å². The summed E-state index contributed by atoms with van der Waals surface area (Å²) in [5, 5.41) is 18.4. The Balaban J connectivity index is 2.27. The van der Waals surface area contributed by atoms with Gasteiger partial charge < -0.3 is 4.90 Å². The SMILES string of the molecule is N#Cc1ccc(N(c2ccccc2)c2ccccc2)c(C#N)c1F. The molecule has 0 saturated carbocycles. The zero-order valence-corrected chi connectivity index (χ0v) is 12.6. The summed E-state index contributed by atoms with van der Waals surface area (Å²) < 4.78 is 14.5. The Labute approximate surface area is 139 Å². The Hall–Kier alpha value is -3.63. The van der Waals surface area contributed by atoms with E-state index in [1.54, 1.807) is 17.0 Å². The lowest BCUT2D eigenvalue weighted by atomic mass is 10.1. The van der Waals surface area contributed by atoms with Crippen molar-refractivity contribution in [2.24, 2.45) is 0 Å². The molecule has 0 saturated heterocycles. The molecule has 3 rings (SSSR count). The van der Waals surface area contributed by atoms with Crippen molar-refractivity contribution >= 4 is 17.1 Å². The lowest BCUT2D eigenvalue weighted by Gasteiger charge is -2.26. The summed E-state index contributed by atoms with van der Waals surface area (Å²) in [5.74, 6) is -0.797. The quantitative estimate of drug-likeness (QED) is 0.680. The van der Waals surface area contributed by atoms with Crippen LogP contribution in [0.4, 0.5) is 21.5 Å². The maximum Gasteiger partial charge on any atom is 0.160 e. The fourth-order valence-corrected chi connectivity index (χ4v) is 2.53. The van der Waals surface area contributed by atoms with Crippen molar-refractivity contribution in [3.8, 4) is 12.1 Å². The second-order valence-corrected chi connectivity index (χ2v) is 5.05. The van der Waals surface area contributed by atoms with Crippen molar-refractivity contribution < 1.29 is 4.39 Å². The third-order valence-corrected chi connectivity index (χ3v) is 3.62. The maximum atomic E-state index is 14.5. The third kappa shape index (κ3) is 2.69. The highest BCUT2D eigenvalue weighted by molar-refractivity contribution is 5.80. The fraction of sp³-hybridized carbons (Fsp3) is 0. The van der Waals surface area contributed by atoms with Gasteiger partial charge in [-0.1, -0.05) is 36.4 Å². The van der Waals surface area contributed by atoms with Crippen LogP contribution >= 0.6 is 0 Å². The van der Waals surface area contributed by atoms with Crippen LogP contribution in [-0.2, 0) is 0 Å². The topological polar surface area (TPSA) is 50.8 Å². The monoisotopic (exact) mass is 313 g/mol. The predicted octanol–water partition coefficient (Wildman–Crippen LogP) is 5.04. The van der Waals surface area contributed by atoms with Crippen LogP contribution in [0.3, 0.4) is 0 Å². The highest BCUT2D eigenvalue weighted by Crippen LogP contribution is 2.37. The maximum absolute atomic E-state index is 14.5. The summed E-state index contributed by atoms with van der Waals surface area (Å²) in [6, 6.07) is 25.4. The first-order valence-corrected chi connectivity index (χ1v) is 7.29. The molecular weight excluding hydrogens is 301 g/mol. The summed E-state index contributed by atoms with van der Waals surface area (Å²) in [6.45, 7) is 0. The van der Waals surface area contributed by atoms with Crippen molar-refractivity contribution in [3.63, 3.8) is 0 Å². The van der Waals surface area contributed by atoms with E-state index in [0.29, 0.717) is 5.69 Å². The summed E-state index contributed by atoms with van der Waals surface area (Å²) >= 11 is 0. The molecule has 114 valence electrons. The number of nitriles is 2. The lowest BCUT2D eigenvalue weighted by Crippen LogP contribution is -2.12. The smallest absolute Gasteiger partial charge is 0.160 e. The first-order valence-electron chi connectivity index (χ1n) is 7.29. The average molecular weight is 313 g/mol. The van der Waals surface area contributed by atoms with Gasteiger partial charge in [0.25, 0.3) is 0 Å². The van der Waals surface area contributed by atoms with Gasteiger partial charge in [0, 0.05) is 11.4 Å². The number of rotatable bonds is 3. The van der Waals surface area contributed by atoms with Gasteiger partial charge in [-0.25, -0.2) is 4.39 Å². The summed E-state index contributed by atoms with van der Waals surface area (Å²) in [4.78, 5) is 1.79. The lowest BCUT2D eigenvalue weighted by molar-refractivity contribution is 0.620. The number of hydrogen-bond acceptors (Lipinski definition) is 3. The molecule has 3 aromatic carbocycles. The van der Waals surface area contributed by atoms with Crippen molar-refractivity contribution in [3.05, 3.63) is 89.7 Å². The molecule has 0 aliphatic carbocycles. The standard InChI is InChI=1S/C20H12FN3/c21-20-15(13-22)11-12-19(18(20)14-23)24(16-7-3-1-4-8-16)17-9-5-2-6-10-17/h1-12H. The number of benzene rings is 3. The molecule has 4 heteroatoms. The van der Waals surface area contributed by atoms with Gasteiger partial charge in [0.2, 0.25) is 0 Å². The number of nitrogens with zero attached hydrogens (tertiary/aromatic N) is 3. The van der Waals surface area contributed by atoms with Gasteiger partial charge in [-0.3, -0.25) is 0 Å². The minimum atomic E-state index is -0.797. The van der Waals surface area contributed by atoms with Gasteiger partial charge in [0.1, 0.15) is 17.7 Å². The van der Waals surface area contributed by atoms with Gasteiger partial charge >= 0.3 is 0 Å². The molecular formula is C20H12FN3. The van der Waals surface area contributed by atoms with Crippen LogP contribution in [0.2, 0.25) is 0 Å². The molecule has 0 aliphatic rings. The molecule has 0 unspecified atom stereocenters. The Morgan fingerprint density at radius 3 is 1.71 bits per heavy atom. The summed E-state index contributed by atoms with van der Waals surface area (Å²) in [6.07, 6.45) is 0. The molecule has 24 heavy (non-hydrogen) atoms. The van der Waals surface area contributed by atoms with E-state index in [1.165, 1.54) is 6.07 Å². The number of hydrogen-bond donors (Lipinski definition) is 0. The first-order chi connectivity index (χ1) is 11.8. The molecule has 0 fully saturated rings. The average Bonchev–Trinajstić information content (AvgIpc) is 2.64. The molecule has 0 atom stereocenters. The van der Waals surface area contributed by atoms with Crippen LogP contribution in [0.25, 0.3) is 0 Å². The highest BCUT2D eigenvalue weighted by atomic mass is 19.1. The second kappa shape index (κ2) is 6.64. The Morgan fingerprint density at radius 2 is 1.25 bits per heavy atom. The van der Waals surface area contributed by atoms with Crippen molar-refractivity contribution in [2.45, 2.75) is 0 Å². The van der Waals surface area contributed by atoms with E-state index in [-0.39, 0.29) is 11.1 Å².